The quantitative estimate of drug-likeness (QED) is 0.589. The smallest absolute Gasteiger partial charge is 0.0352 e. The van der Waals surface area contributed by atoms with E-state index < -0.39 is 0 Å². The minimum atomic E-state index is 1.03. The molecule has 0 atom stereocenters. The Morgan fingerprint density at radius 1 is 1.33 bits per heavy atom. The lowest BCUT2D eigenvalue weighted by Crippen LogP contribution is -1.84. The first kappa shape index (κ1) is 7.62. The first-order valence-electron chi connectivity index (χ1n) is 3.67. The number of rotatable bonds is 0. The van der Waals surface area contributed by atoms with Gasteiger partial charge in [0.2, 0.25) is 0 Å². The van der Waals surface area contributed by atoms with Crippen LogP contribution in [0.15, 0.2) is 39.7 Å². The van der Waals surface area contributed by atoms with Crippen molar-refractivity contribution in [3.63, 3.8) is 0 Å². The minimum Gasteiger partial charge on any atom is -0.264 e. The van der Waals surface area contributed by atoms with Crippen LogP contribution in [0.5, 0.6) is 0 Å². The highest BCUT2D eigenvalue weighted by Gasteiger charge is 2.00. The van der Waals surface area contributed by atoms with Gasteiger partial charge in [-0.05, 0) is 30.0 Å². The van der Waals surface area contributed by atoms with Gasteiger partial charge in [-0.1, -0.05) is 17.8 Å². The van der Waals surface area contributed by atoms with E-state index in [0.717, 1.165) is 11.1 Å². The molecule has 1 heterocycles. The molecule has 0 saturated heterocycles. The van der Waals surface area contributed by atoms with Gasteiger partial charge < -0.3 is 0 Å². The Bertz CT molecular complexity index is 353. The topological polar surface area (TPSA) is 12.4 Å². The van der Waals surface area contributed by atoms with Gasteiger partial charge >= 0.3 is 0 Å². The molecule has 0 fully saturated rings. The average Bonchev–Trinajstić information content (AvgIpc) is 2.28. The van der Waals surface area contributed by atoms with E-state index in [1.807, 2.05) is 23.8 Å². The second-order valence-electron chi connectivity index (χ2n) is 2.55. The Hall–Kier alpha value is -1.02. The van der Waals surface area contributed by atoms with Gasteiger partial charge in [0.1, 0.15) is 0 Å². The summed E-state index contributed by atoms with van der Waals surface area (Å²) in [4.78, 5) is 5.34. The molecule has 0 bridgehead atoms. The van der Waals surface area contributed by atoms with Crippen molar-refractivity contribution in [1.29, 1.82) is 0 Å². The highest BCUT2D eigenvalue weighted by atomic mass is 32.2. The maximum atomic E-state index is 4.10. The van der Waals surface area contributed by atoms with Gasteiger partial charge in [0, 0.05) is 22.9 Å². The fourth-order valence-corrected chi connectivity index (χ4v) is 1.74. The summed E-state index contributed by atoms with van der Waals surface area (Å²) in [6, 6.07) is 6.13. The number of hydrogen-bond acceptors (Lipinski definition) is 2. The fourth-order valence-electron chi connectivity index (χ4n) is 1.07. The standard InChI is InChI=1S/C10H8NS/c1-8-2-3-10-9(6-8)7-11-4-5-12-10/h2-7H,1H2. The van der Waals surface area contributed by atoms with Crippen LogP contribution in [0.3, 0.4) is 0 Å². The molecule has 0 N–H and O–H groups in total. The van der Waals surface area contributed by atoms with Crippen LogP contribution in [0.2, 0.25) is 0 Å². The van der Waals surface area contributed by atoms with Crippen LogP contribution in [0.25, 0.3) is 0 Å². The molecule has 1 aliphatic rings. The second-order valence-corrected chi connectivity index (χ2v) is 3.50. The van der Waals surface area contributed by atoms with Gasteiger partial charge in [0.25, 0.3) is 0 Å². The van der Waals surface area contributed by atoms with Crippen LogP contribution in [-0.4, -0.2) is 6.21 Å². The first-order chi connectivity index (χ1) is 5.86. The molecule has 12 heavy (non-hydrogen) atoms. The van der Waals surface area contributed by atoms with E-state index in [1.165, 1.54) is 4.90 Å². The van der Waals surface area contributed by atoms with E-state index in [0.29, 0.717) is 0 Å². The molecule has 1 radical (unpaired) electrons. The molecule has 0 aromatic heterocycles. The predicted molar refractivity (Wildman–Crippen MR) is 53.5 cm³/mol. The Balaban J connectivity index is 2.53. The van der Waals surface area contributed by atoms with E-state index >= 15 is 0 Å². The molecule has 0 aliphatic carbocycles. The van der Waals surface area contributed by atoms with Crippen LogP contribution in [-0.2, 0) is 0 Å². The zero-order valence-electron chi connectivity index (χ0n) is 6.53. The third-order valence-corrected chi connectivity index (χ3v) is 2.51. The van der Waals surface area contributed by atoms with Gasteiger partial charge in [0.15, 0.2) is 0 Å². The SMILES string of the molecule is [CH2]c1ccc2c(c1)C=NC=CS2. The average molecular weight is 174 g/mol. The summed E-state index contributed by atoms with van der Waals surface area (Å²) in [5.41, 5.74) is 2.18. The number of thioether (sulfide) groups is 1. The predicted octanol–water partition coefficient (Wildman–Crippen LogP) is 2.86. The van der Waals surface area contributed by atoms with Crippen molar-refractivity contribution >= 4 is 18.0 Å². The number of benzene rings is 1. The summed E-state index contributed by atoms with van der Waals surface area (Å²) in [6.45, 7) is 3.87. The maximum Gasteiger partial charge on any atom is 0.0352 e. The van der Waals surface area contributed by atoms with Crippen molar-refractivity contribution in [3.05, 3.63) is 47.9 Å². The lowest BCUT2D eigenvalue weighted by atomic mass is 10.1. The summed E-state index contributed by atoms with van der Waals surface area (Å²) >= 11 is 1.68. The molecule has 0 spiro atoms. The summed E-state index contributed by atoms with van der Waals surface area (Å²) < 4.78 is 0. The normalized spacial score (nSPS) is 14.1. The van der Waals surface area contributed by atoms with E-state index in [4.69, 9.17) is 0 Å². The molecule has 0 amide bonds. The highest BCUT2D eigenvalue weighted by molar-refractivity contribution is 8.02. The van der Waals surface area contributed by atoms with Gasteiger partial charge in [-0.25, -0.2) is 0 Å². The number of aliphatic imine (C=N–C) groups is 1. The second kappa shape index (κ2) is 3.15. The van der Waals surface area contributed by atoms with E-state index in [-0.39, 0.29) is 0 Å². The van der Waals surface area contributed by atoms with Crippen LogP contribution in [0.4, 0.5) is 0 Å². The van der Waals surface area contributed by atoms with Crippen LogP contribution in [0, 0.1) is 6.92 Å². The van der Waals surface area contributed by atoms with Crippen molar-refractivity contribution in [1.82, 2.24) is 0 Å². The third-order valence-electron chi connectivity index (χ3n) is 1.63. The van der Waals surface area contributed by atoms with Crippen LogP contribution >= 0.6 is 11.8 Å². The van der Waals surface area contributed by atoms with E-state index in [2.05, 4.69) is 18.0 Å². The van der Waals surface area contributed by atoms with Crippen molar-refractivity contribution in [2.75, 3.05) is 0 Å². The number of nitrogens with zero attached hydrogens (tertiary/aromatic N) is 1. The molecule has 2 heteroatoms. The van der Waals surface area contributed by atoms with Crippen molar-refractivity contribution in [3.8, 4) is 0 Å². The molecule has 1 aliphatic heterocycles. The lowest BCUT2D eigenvalue weighted by Gasteiger charge is -2.01. The van der Waals surface area contributed by atoms with Gasteiger partial charge in [-0.3, -0.25) is 4.99 Å². The Morgan fingerprint density at radius 2 is 2.25 bits per heavy atom. The molecule has 1 nitrogen and oxygen atoms in total. The summed E-state index contributed by atoms with van der Waals surface area (Å²) in [7, 11) is 0. The van der Waals surface area contributed by atoms with Crippen LogP contribution < -0.4 is 0 Å². The molecule has 0 saturated carbocycles. The molecule has 0 unspecified atom stereocenters. The zero-order chi connectivity index (χ0) is 8.39. The van der Waals surface area contributed by atoms with Gasteiger partial charge in [-0.15, -0.1) is 0 Å². The molecule has 1 aromatic rings. The van der Waals surface area contributed by atoms with Crippen molar-refractivity contribution in [2.45, 2.75) is 4.90 Å². The lowest BCUT2D eigenvalue weighted by molar-refractivity contribution is 1.41. The maximum absolute atomic E-state index is 4.10. The summed E-state index contributed by atoms with van der Waals surface area (Å²) in [5.74, 6) is 0. The van der Waals surface area contributed by atoms with E-state index in [9.17, 15) is 0 Å². The summed E-state index contributed by atoms with van der Waals surface area (Å²) in [5, 5.41) is 1.98. The highest BCUT2D eigenvalue weighted by Crippen LogP contribution is 2.25. The van der Waals surface area contributed by atoms with Gasteiger partial charge in [0.05, 0.1) is 0 Å². The monoisotopic (exact) mass is 174 g/mol. The fraction of sp³-hybridized carbons (Fsp3) is 0. The van der Waals surface area contributed by atoms with Crippen LogP contribution in [0.1, 0.15) is 11.1 Å². The molecule has 59 valence electrons. The Labute approximate surface area is 76.2 Å². The minimum absolute atomic E-state index is 1.03. The Kier molecular flexibility index (Phi) is 2.00. The zero-order valence-corrected chi connectivity index (χ0v) is 7.34. The first-order valence-corrected chi connectivity index (χ1v) is 4.55. The van der Waals surface area contributed by atoms with E-state index in [1.54, 1.807) is 18.0 Å². The third kappa shape index (κ3) is 1.43. The van der Waals surface area contributed by atoms with Crippen molar-refractivity contribution in [2.24, 2.45) is 4.99 Å². The molecular formula is C10H8NS. The molecule has 2 rings (SSSR count). The van der Waals surface area contributed by atoms with Crippen molar-refractivity contribution < 1.29 is 0 Å². The summed E-state index contributed by atoms with van der Waals surface area (Å²) in [6.07, 6.45) is 3.66. The Morgan fingerprint density at radius 3 is 3.17 bits per heavy atom. The largest absolute Gasteiger partial charge is 0.264 e. The molecule has 1 aromatic carbocycles. The number of hydrogen-bond donors (Lipinski definition) is 0. The van der Waals surface area contributed by atoms with Gasteiger partial charge in [-0.2, -0.15) is 0 Å². The number of fused-ring (bicyclic) bond motifs is 1. The molecular weight excluding hydrogens is 166 g/mol.